The van der Waals surface area contributed by atoms with Gasteiger partial charge in [0.1, 0.15) is 12.2 Å². The molecule has 1 aliphatic heterocycles. The summed E-state index contributed by atoms with van der Waals surface area (Å²) >= 11 is 5.82. The first-order valence-corrected chi connectivity index (χ1v) is 16.7. The molecule has 50 heavy (non-hydrogen) atoms. The summed E-state index contributed by atoms with van der Waals surface area (Å²) in [6, 6.07) is 29.8. The van der Waals surface area contributed by atoms with Gasteiger partial charge in [0.25, 0.3) is 5.91 Å². The van der Waals surface area contributed by atoms with Gasteiger partial charge in [-0.1, -0.05) is 110 Å². The van der Waals surface area contributed by atoms with Crippen LogP contribution in [0.15, 0.2) is 109 Å². The van der Waals surface area contributed by atoms with Gasteiger partial charge in [-0.15, -0.1) is 0 Å². The molecular weight excluding hydrogens is 671 g/mol. The minimum atomic E-state index is -4.75. The quantitative estimate of drug-likeness (QED) is 0.139. The molecule has 3 amide bonds. The first kappa shape index (κ1) is 36.9. The van der Waals surface area contributed by atoms with Crippen LogP contribution < -0.4 is 10.6 Å². The van der Waals surface area contributed by atoms with E-state index in [9.17, 15) is 22.8 Å². The van der Waals surface area contributed by atoms with Crippen molar-refractivity contribution in [3.05, 3.63) is 136 Å². The summed E-state index contributed by atoms with van der Waals surface area (Å²) < 4.78 is 60.6. The molecule has 0 aliphatic carbocycles. The fourth-order valence-corrected chi connectivity index (χ4v) is 6.02. The molecule has 1 saturated heterocycles. The Labute approximate surface area is 294 Å². The van der Waals surface area contributed by atoms with Crippen LogP contribution in [0.3, 0.4) is 0 Å². The molecule has 5 rings (SSSR count). The summed E-state index contributed by atoms with van der Waals surface area (Å²) in [5.74, 6) is -0.343. The second-order valence-electron chi connectivity index (χ2n) is 11.9. The van der Waals surface area contributed by atoms with Crippen LogP contribution in [0.25, 0.3) is 0 Å². The predicted molar refractivity (Wildman–Crippen MR) is 184 cm³/mol. The third-order valence-electron chi connectivity index (χ3n) is 8.24. The molecule has 0 aromatic heterocycles. The molecular formula is C38H39ClF3N3O5. The predicted octanol–water partition coefficient (Wildman–Crippen LogP) is 7.86. The Hall–Kier alpha value is -4.42. The molecule has 4 atom stereocenters. The van der Waals surface area contributed by atoms with Crippen molar-refractivity contribution in [3.8, 4) is 0 Å². The molecule has 8 nitrogen and oxygen atoms in total. The van der Waals surface area contributed by atoms with E-state index in [1.165, 1.54) is 6.07 Å². The lowest BCUT2D eigenvalue weighted by molar-refractivity contribution is -0.208. The van der Waals surface area contributed by atoms with E-state index in [2.05, 4.69) is 10.6 Å². The molecule has 1 heterocycles. The third-order valence-corrected chi connectivity index (χ3v) is 8.48. The highest BCUT2D eigenvalue weighted by atomic mass is 35.5. The number of likely N-dealkylation sites (tertiary alicyclic amines) is 1. The number of carbonyl (C=O) groups excluding carboxylic acids is 2. The number of hydrogen-bond donors (Lipinski definition) is 2. The Balaban J connectivity index is 1.45. The average Bonchev–Trinajstić information content (AvgIpc) is 3.11. The number of benzene rings is 4. The van der Waals surface area contributed by atoms with E-state index in [4.69, 9.17) is 25.8 Å². The maximum Gasteiger partial charge on any atom is 0.418 e. The van der Waals surface area contributed by atoms with Crippen LogP contribution in [0, 0.1) is 0 Å². The largest absolute Gasteiger partial charge is 0.418 e. The lowest BCUT2D eigenvalue weighted by Gasteiger charge is -2.48. The van der Waals surface area contributed by atoms with E-state index in [-0.39, 0.29) is 37.3 Å². The molecule has 264 valence electrons. The molecule has 1 fully saturated rings. The number of anilines is 1. The number of piperidine rings is 1. The number of urea groups is 1. The second-order valence-corrected chi connectivity index (χ2v) is 12.3. The Morgan fingerprint density at radius 1 is 0.780 bits per heavy atom. The first-order chi connectivity index (χ1) is 24.1. The molecule has 0 spiro atoms. The minimum Gasteiger partial charge on any atom is -0.368 e. The van der Waals surface area contributed by atoms with E-state index >= 15 is 0 Å². The van der Waals surface area contributed by atoms with Crippen LogP contribution >= 0.6 is 11.6 Å². The van der Waals surface area contributed by atoms with Gasteiger partial charge < -0.3 is 29.7 Å². The van der Waals surface area contributed by atoms with Gasteiger partial charge in [-0.05, 0) is 41.3 Å². The zero-order valence-electron chi connectivity index (χ0n) is 27.4. The smallest absolute Gasteiger partial charge is 0.368 e. The van der Waals surface area contributed by atoms with Gasteiger partial charge in [-0.25, -0.2) is 4.79 Å². The number of ether oxygens (including phenoxy) is 3. The normalized spacial score (nSPS) is 19.3. The lowest BCUT2D eigenvalue weighted by atomic mass is 9.91. The van der Waals surface area contributed by atoms with Crippen molar-refractivity contribution in [3.63, 3.8) is 0 Å². The molecule has 1 aliphatic rings. The van der Waals surface area contributed by atoms with Crippen LogP contribution in [0.5, 0.6) is 0 Å². The maximum absolute atomic E-state index is 14.3. The Kier molecular flexibility index (Phi) is 12.9. The maximum atomic E-state index is 14.3. The monoisotopic (exact) mass is 709 g/mol. The Morgan fingerprint density at radius 3 is 1.82 bits per heavy atom. The highest BCUT2D eigenvalue weighted by molar-refractivity contribution is 6.30. The van der Waals surface area contributed by atoms with Crippen LogP contribution in [0.1, 0.15) is 35.6 Å². The second kappa shape index (κ2) is 17.5. The average molecular weight is 710 g/mol. The number of rotatable bonds is 14. The molecule has 0 bridgehead atoms. The third kappa shape index (κ3) is 9.85. The van der Waals surface area contributed by atoms with E-state index < -0.39 is 47.8 Å². The highest BCUT2D eigenvalue weighted by Gasteiger charge is 2.50. The number of alkyl halides is 3. The van der Waals surface area contributed by atoms with Crippen molar-refractivity contribution >= 4 is 29.2 Å². The molecule has 0 unspecified atom stereocenters. The van der Waals surface area contributed by atoms with Crippen molar-refractivity contribution in [2.45, 2.75) is 63.7 Å². The topological polar surface area (TPSA) is 89.1 Å². The summed E-state index contributed by atoms with van der Waals surface area (Å²) in [7, 11) is 0. The molecule has 2 N–H and O–H groups in total. The number of carbonyl (C=O) groups is 2. The molecule has 4 aromatic carbocycles. The van der Waals surface area contributed by atoms with Crippen molar-refractivity contribution in [2.75, 3.05) is 18.4 Å². The van der Waals surface area contributed by atoms with Gasteiger partial charge in [0.15, 0.2) is 6.10 Å². The molecule has 4 aromatic rings. The summed E-state index contributed by atoms with van der Waals surface area (Å²) in [5.41, 5.74) is 1.07. The Morgan fingerprint density at radius 2 is 1.30 bits per heavy atom. The summed E-state index contributed by atoms with van der Waals surface area (Å²) in [4.78, 5) is 29.1. The van der Waals surface area contributed by atoms with Crippen LogP contribution in [0.2, 0.25) is 5.02 Å². The van der Waals surface area contributed by atoms with Crippen molar-refractivity contribution in [1.82, 2.24) is 10.2 Å². The van der Waals surface area contributed by atoms with Gasteiger partial charge in [0, 0.05) is 18.1 Å². The summed E-state index contributed by atoms with van der Waals surface area (Å²) in [5, 5.41) is 4.85. The number of nitrogens with one attached hydrogen (secondary N) is 2. The standard InChI is InChI=1S/C38H39ClF3N3O5/c1-2-20-45-32(22-43-37(47)44-31-19-18-29(39)21-30(31)38(40,41)42)33(48-23-26-12-6-3-7-13-26)34(49-24-27-14-8-4-9-15-27)35(36(45)46)50-25-28-16-10-5-11-17-28/h3-19,21,32-35H,2,20,22-25H2,1H3,(H2,43,44,47)/t32-,33-,34-,35-/m1/s1. The molecule has 0 saturated carbocycles. The van der Waals surface area contributed by atoms with E-state index in [1.807, 2.05) is 97.9 Å². The SMILES string of the molecule is CCCN1C(=O)[C@H](OCc2ccccc2)[C@H](OCc2ccccc2)[C@H](OCc2ccccc2)[C@H]1CNC(=O)Nc1ccc(Cl)cc1C(F)(F)F. The van der Waals surface area contributed by atoms with Crippen molar-refractivity contribution in [2.24, 2.45) is 0 Å². The number of amides is 3. The summed E-state index contributed by atoms with van der Waals surface area (Å²) in [6.45, 7) is 2.54. The van der Waals surface area contributed by atoms with E-state index in [0.29, 0.717) is 13.0 Å². The molecule has 0 radical (unpaired) electrons. The highest BCUT2D eigenvalue weighted by Crippen LogP contribution is 2.36. The summed E-state index contributed by atoms with van der Waals surface area (Å²) in [6.07, 6.45) is -6.95. The van der Waals surface area contributed by atoms with Crippen molar-refractivity contribution in [1.29, 1.82) is 0 Å². The van der Waals surface area contributed by atoms with Gasteiger partial charge in [0.05, 0.1) is 37.1 Å². The fraction of sp³-hybridized carbons (Fsp3) is 0.316. The van der Waals surface area contributed by atoms with E-state index in [0.717, 1.165) is 28.8 Å². The van der Waals surface area contributed by atoms with Crippen LogP contribution in [-0.2, 0) is 45.0 Å². The van der Waals surface area contributed by atoms with Gasteiger partial charge in [-0.3, -0.25) is 4.79 Å². The number of halogens is 4. The lowest BCUT2D eigenvalue weighted by Crippen LogP contribution is -2.68. The van der Waals surface area contributed by atoms with Crippen LogP contribution in [-0.4, -0.2) is 54.3 Å². The number of nitrogens with zero attached hydrogens (tertiary/aromatic N) is 1. The van der Waals surface area contributed by atoms with Crippen molar-refractivity contribution < 1.29 is 37.0 Å². The Bertz CT molecular complexity index is 1680. The minimum absolute atomic E-state index is 0.122. The zero-order valence-corrected chi connectivity index (χ0v) is 28.2. The van der Waals surface area contributed by atoms with Crippen LogP contribution in [0.4, 0.5) is 23.7 Å². The van der Waals surface area contributed by atoms with Gasteiger partial charge in [0.2, 0.25) is 0 Å². The number of hydrogen-bond acceptors (Lipinski definition) is 5. The van der Waals surface area contributed by atoms with E-state index in [1.54, 1.807) is 4.90 Å². The fourth-order valence-electron chi connectivity index (χ4n) is 5.85. The first-order valence-electron chi connectivity index (χ1n) is 16.3. The van der Waals surface area contributed by atoms with Gasteiger partial charge >= 0.3 is 12.2 Å². The molecule has 12 heteroatoms. The zero-order chi connectivity index (χ0) is 35.5. The van der Waals surface area contributed by atoms with Gasteiger partial charge in [-0.2, -0.15) is 13.2 Å².